The first-order chi connectivity index (χ1) is 11.1. The molecule has 3 heterocycles. The van der Waals surface area contributed by atoms with Crippen LogP contribution < -0.4 is 5.32 Å². The van der Waals surface area contributed by atoms with Gasteiger partial charge >= 0.3 is 6.03 Å². The third-order valence-corrected chi connectivity index (χ3v) is 6.01. The predicted molar refractivity (Wildman–Crippen MR) is 88.2 cm³/mol. The van der Waals surface area contributed by atoms with E-state index < -0.39 is 0 Å². The minimum atomic E-state index is 0.0451. The molecule has 1 aromatic rings. The first-order valence-corrected chi connectivity index (χ1v) is 8.95. The highest BCUT2D eigenvalue weighted by molar-refractivity contribution is 5.74. The maximum absolute atomic E-state index is 12.5. The molecule has 0 spiro atoms. The summed E-state index contributed by atoms with van der Waals surface area (Å²) in [7, 11) is 2.20. The second kappa shape index (κ2) is 5.86. The highest BCUT2D eigenvalue weighted by Crippen LogP contribution is 2.47. The topological polar surface area (TPSA) is 48.7 Å². The van der Waals surface area contributed by atoms with Gasteiger partial charge in [0.1, 0.15) is 11.5 Å². The van der Waals surface area contributed by atoms with Crippen LogP contribution in [0, 0.1) is 5.92 Å². The molecule has 3 aliphatic rings. The van der Waals surface area contributed by atoms with Crippen molar-refractivity contribution < 1.29 is 9.21 Å². The SMILES string of the molecule is C[C@@H]1C[C@@H]1c1ccc(CNC(=O)N2CC[C@H]3CC[C@@H](C2)N3C)o1. The molecule has 0 radical (unpaired) electrons. The third kappa shape index (κ3) is 2.99. The Hall–Kier alpha value is -1.49. The Kier molecular flexibility index (Phi) is 3.84. The van der Waals surface area contributed by atoms with Crippen molar-refractivity contribution in [3.8, 4) is 0 Å². The van der Waals surface area contributed by atoms with E-state index in [4.69, 9.17) is 4.42 Å². The quantitative estimate of drug-likeness (QED) is 0.932. The number of likely N-dealkylation sites (tertiary alicyclic amines) is 1. The Balaban J connectivity index is 1.30. The van der Waals surface area contributed by atoms with Gasteiger partial charge in [0.15, 0.2) is 0 Å². The van der Waals surface area contributed by atoms with Gasteiger partial charge in [-0.2, -0.15) is 0 Å². The third-order valence-electron chi connectivity index (χ3n) is 6.01. The Morgan fingerprint density at radius 2 is 2.09 bits per heavy atom. The van der Waals surface area contributed by atoms with Crippen LogP contribution in [0.2, 0.25) is 0 Å². The fourth-order valence-electron chi connectivity index (χ4n) is 4.18. The van der Waals surface area contributed by atoms with E-state index in [1.807, 2.05) is 11.0 Å². The molecule has 2 saturated heterocycles. The van der Waals surface area contributed by atoms with Crippen LogP contribution in [0.4, 0.5) is 4.79 Å². The Bertz CT molecular complexity index is 585. The van der Waals surface area contributed by atoms with Crippen molar-refractivity contribution in [2.45, 2.75) is 57.2 Å². The molecular weight excluding hydrogens is 290 g/mol. The molecule has 5 heteroatoms. The lowest BCUT2D eigenvalue weighted by molar-refractivity contribution is 0.187. The fourth-order valence-corrected chi connectivity index (χ4v) is 4.18. The van der Waals surface area contributed by atoms with Crippen LogP contribution in [-0.4, -0.2) is 48.1 Å². The monoisotopic (exact) mass is 317 g/mol. The zero-order chi connectivity index (χ0) is 16.0. The predicted octanol–water partition coefficient (Wildman–Crippen LogP) is 2.78. The molecule has 4 rings (SSSR count). The summed E-state index contributed by atoms with van der Waals surface area (Å²) >= 11 is 0. The lowest BCUT2D eigenvalue weighted by Gasteiger charge is -2.25. The molecular formula is C18H27N3O2. The highest BCUT2D eigenvalue weighted by Gasteiger charge is 2.37. The molecule has 2 bridgehead atoms. The summed E-state index contributed by atoms with van der Waals surface area (Å²) in [5.74, 6) is 3.28. The maximum Gasteiger partial charge on any atom is 0.317 e. The number of nitrogens with one attached hydrogen (secondary N) is 1. The van der Waals surface area contributed by atoms with Gasteiger partial charge in [-0.3, -0.25) is 4.90 Å². The minimum Gasteiger partial charge on any atom is -0.464 e. The van der Waals surface area contributed by atoms with E-state index in [0.29, 0.717) is 24.5 Å². The van der Waals surface area contributed by atoms with Gasteiger partial charge < -0.3 is 14.6 Å². The van der Waals surface area contributed by atoms with E-state index in [1.165, 1.54) is 19.3 Å². The van der Waals surface area contributed by atoms with Crippen LogP contribution in [0.25, 0.3) is 0 Å². The number of urea groups is 1. The lowest BCUT2D eigenvalue weighted by atomic mass is 10.1. The highest BCUT2D eigenvalue weighted by atomic mass is 16.3. The van der Waals surface area contributed by atoms with E-state index in [2.05, 4.69) is 30.3 Å². The summed E-state index contributed by atoms with van der Waals surface area (Å²) in [5.41, 5.74) is 0. The lowest BCUT2D eigenvalue weighted by Crippen LogP contribution is -2.44. The minimum absolute atomic E-state index is 0.0451. The second-order valence-electron chi connectivity index (χ2n) is 7.57. The number of furan rings is 1. The molecule has 4 atom stereocenters. The van der Waals surface area contributed by atoms with E-state index in [9.17, 15) is 4.79 Å². The summed E-state index contributed by atoms with van der Waals surface area (Å²) in [6, 6.07) is 5.29. The Morgan fingerprint density at radius 1 is 1.30 bits per heavy atom. The van der Waals surface area contributed by atoms with Crippen LogP contribution in [0.3, 0.4) is 0 Å². The molecule has 0 unspecified atom stereocenters. The molecule has 2 amide bonds. The van der Waals surface area contributed by atoms with E-state index in [0.717, 1.165) is 36.9 Å². The molecule has 1 aliphatic carbocycles. The van der Waals surface area contributed by atoms with Gasteiger partial charge in [-0.15, -0.1) is 0 Å². The van der Waals surface area contributed by atoms with Crippen molar-refractivity contribution in [2.24, 2.45) is 5.92 Å². The van der Waals surface area contributed by atoms with Crippen LogP contribution in [0.15, 0.2) is 16.5 Å². The summed E-state index contributed by atoms with van der Waals surface area (Å²) < 4.78 is 5.87. The molecule has 1 N–H and O–H groups in total. The largest absolute Gasteiger partial charge is 0.464 e. The molecule has 0 aromatic carbocycles. The maximum atomic E-state index is 12.5. The standard InChI is InChI=1S/C18H27N3O2/c1-12-9-16(12)17-6-5-15(23-17)10-19-18(22)21-8-7-13-3-4-14(11-21)20(13)2/h5-6,12-14,16H,3-4,7-11H2,1-2H3,(H,19,22)/t12-,13-,14+,16+/m1/s1. The number of hydrogen-bond acceptors (Lipinski definition) is 3. The smallest absolute Gasteiger partial charge is 0.317 e. The number of hydrogen-bond donors (Lipinski definition) is 1. The second-order valence-corrected chi connectivity index (χ2v) is 7.57. The number of carbonyl (C=O) groups excluding carboxylic acids is 1. The van der Waals surface area contributed by atoms with Crippen LogP contribution in [-0.2, 0) is 6.54 Å². The van der Waals surface area contributed by atoms with Gasteiger partial charge in [-0.25, -0.2) is 4.79 Å². The average Bonchev–Trinajstić information content (AvgIpc) is 2.95. The van der Waals surface area contributed by atoms with Gasteiger partial charge in [0.05, 0.1) is 6.54 Å². The van der Waals surface area contributed by atoms with Gasteiger partial charge in [0, 0.05) is 31.1 Å². The van der Waals surface area contributed by atoms with Crippen molar-refractivity contribution in [3.63, 3.8) is 0 Å². The number of likely N-dealkylation sites (N-methyl/N-ethyl adjacent to an activating group) is 1. The first-order valence-electron chi connectivity index (χ1n) is 8.95. The molecule has 1 aromatic heterocycles. The molecule has 5 nitrogen and oxygen atoms in total. The van der Waals surface area contributed by atoms with Crippen molar-refractivity contribution in [2.75, 3.05) is 20.1 Å². The van der Waals surface area contributed by atoms with Crippen molar-refractivity contribution in [1.82, 2.24) is 15.1 Å². The van der Waals surface area contributed by atoms with Crippen molar-refractivity contribution >= 4 is 6.03 Å². The van der Waals surface area contributed by atoms with Crippen molar-refractivity contribution in [3.05, 3.63) is 23.7 Å². The van der Waals surface area contributed by atoms with E-state index >= 15 is 0 Å². The molecule has 3 fully saturated rings. The van der Waals surface area contributed by atoms with E-state index in [1.54, 1.807) is 0 Å². The molecule has 1 saturated carbocycles. The van der Waals surface area contributed by atoms with Gasteiger partial charge in [0.2, 0.25) is 0 Å². The molecule has 23 heavy (non-hydrogen) atoms. The zero-order valence-corrected chi connectivity index (χ0v) is 14.1. The van der Waals surface area contributed by atoms with E-state index in [-0.39, 0.29) is 6.03 Å². The summed E-state index contributed by atoms with van der Waals surface area (Å²) in [4.78, 5) is 16.9. The Morgan fingerprint density at radius 3 is 2.87 bits per heavy atom. The van der Waals surface area contributed by atoms with Crippen LogP contribution in [0.5, 0.6) is 0 Å². The number of carbonyl (C=O) groups is 1. The summed E-state index contributed by atoms with van der Waals surface area (Å²) in [6.07, 6.45) is 4.81. The number of rotatable bonds is 3. The normalized spacial score (nSPS) is 33.6. The molecule has 2 aliphatic heterocycles. The Labute approximate surface area is 138 Å². The van der Waals surface area contributed by atoms with Gasteiger partial charge in [0.25, 0.3) is 0 Å². The van der Waals surface area contributed by atoms with Crippen LogP contribution in [0.1, 0.15) is 50.0 Å². The summed E-state index contributed by atoms with van der Waals surface area (Å²) in [6.45, 7) is 4.45. The number of amides is 2. The number of fused-ring (bicyclic) bond motifs is 2. The first kappa shape index (κ1) is 15.1. The van der Waals surface area contributed by atoms with Crippen LogP contribution >= 0.6 is 0 Å². The summed E-state index contributed by atoms with van der Waals surface area (Å²) in [5, 5.41) is 3.03. The average molecular weight is 317 g/mol. The zero-order valence-electron chi connectivity index (χ0n) is 14.1. The van der Waals surface area contributed by atoms with Crippen molar-refractivity contribution in [1.29, 1.82) is 0 Å². The van der Waals surface area contributed by atoms with Gasteiger partial charge in [-0.05, 0) is 50.8 Å². The molecule has 126 valence electrons. The number of nitrogens with zero attached hydrogens (tertiary/aromatic N) is 2. The fraction of sp³-hybridized carbons (Fsp3) is 0.722. The van der Waals surface area contributed by atoms with Gasteiger partial charge in [-0.1, -0.05) is 6.92 Å².